The highest BCUT2D eigenvalue weighted by Gasteiger charge is 2.37. The predicted octanol–water partition coefficient (Wildman–Crippen LogP) is 2.45. The number of nitrogens with one attached hydrogen (secondary N) is 1. The highest BCUT2D eigenvalue weighted by atomic mass is 32.2. The van der Waals surface area contributed by atoms with Gasteiger partial charge in [-0.25, -0.2) is 4.98 Å². The molecule has 0 radical (unpaired) electrons. The maximum absolute atomic E-state index is 12.4. The number of thiazole rings is 1. The summed E-state index contributed by atoms with van der Waals surface area (Å²) in [6.45, 7) is 14.2. The maximum atomic E-state index is 12.4. The van der Waals surface area contributed by atoms with Crippen molar-refractivity contribution in [3.05, 3.63) is 11.1 Å². The average Bonchev–Trinajstić information content (AvgIpc) is 2.96. The van der Waals surface area contributed by atoms with E-state index in [4.69, 9.17) is 8.61 Å². The van der Waals surface area contributed by atoms with Crippen molar-refractivity contribution >= 4 is 40.8 Å². The van der Waals surface area contributed by atoms with E-state index >= 15 is 0 Å². The number of aromatic nitrogens is 1. The van der Waals surface area contributed by atoms with Crippen LogP contribution in [0.4, 0.5) is 5.13 Å². The summed E-state index contributed by atoms with van der Waals surface area (Å²) in [6.07, 6.45) is 0.681. The molecule has 0 unspecified atom stereocenters. The standard InChI is InChI=1S/C17H31N3O5S2Si/c1-12(10-24-28(6,7)17(2,3)4)18-15(21)14-11-26-16(19-14)20-8-13(9-20)25-27(5,22)23/h11-13H,8-10H2,1-7H3,(H,18,21)/t12-/m0/s1. The molecular formula is C17H31N3O5S2Si. The summed E-state index contributed by atoms with van der Waals surface area (Å²) in [7, 11) is -5.31. The Balaban J connectivity index is 1.83. The Hall–Kier alpha value is -1.01. The van der Waals surface area contributed by atoms with Crippen LogP contribution in [0.1, 0.15) is 38.2 Å². The third-order valence-electron chi connectivity index (χ3n) is 5.03. The summed E-state index contributed by atoms with van der Waals surface area (Å²) in [5.74, 6) is -0.238. The normalized spacial score (nSPS) is 17.3. The summed E-state index contributed by atoms with van der Waals surface area (Å²) in [4.78, 5) is 18.7. The lowest BCUT2D eigenvalue weighted by atomic mass is 10.2. The lowest BCUT2D eigenvalue weighted by Gasteiger charge is -2.37. The molecule has 1 atom stereocenters. The zero-order valence-corrected chi connectivity index (χ0v) is 20.2. The molecule has 8 nitrogen and oxygen atoms in total. The first kappa shape index (κ1) is 23.3. The first-order chi connectivity index (χ1) is 12.7. The second kappa shape index (κ2) is 8.39. The van der Waals surface area contributed by atoms with Crippen LogP contribution in [0, 0.1) is 0 Å². The molecule has 1 fully saturated rings. The Bertz CT molecular complexity index is 798. The van der Waals surface area contributed by atoms with Crippen LogP contribution in [0.25, 0.3) is 0 Å². The molecule has 1 saturated heterocycles. The van der Waals surface area contributed by atoms with Crippen molar-refractivity contribution < 1.29 is 21.8 Å². The number of carbonyl (C=O) groups is 1. The van der Waals surface area contributed by atoms with Gasteiger partial charge < -0.3 is 14.6 Å². The molecule has 1 N–H and O–H groups in total. The SMILES string of the molecule is C[C@@H](CO[Si](C)(C)C(C)(C)C)NC(=O)c1csc(N2CC(OS(C)(=O)=O)C2)n1. The summed E-state index contributed by atoms with van der Waals surface area (Å²) in [6, 6.07) is -0.122. The fourth-order valence-electron chi connectivity index (χ4n) is 2.31. The van der Waals surface area contributed by atoms with E-state index in [1.165, 1.54) is 11.3 Å². The molecule has 1 aliphatic rings. The molecular weight excluding hydrogens is 418 g/mol. The number of nitrogens with zero attached hydrogens (tertiary/aromatic N) is 2. The summed E-state index contributed by atoms with van der Waals surface area (Å²) in [5, 5.41) is 5.44. The highest BCUT2D eigenvalue weighted by Crippen LogP contribution is 2.36. The highest BCUT2D eigenvalue weighted by molar-refractivity contribution is 7.86. The molecule has 11 heteroatoms. The van der Waals surface area contributed by atoms with Crippen molar-refractivity contribution in [1.82, 2.24) is 10.3 Å². The van der Waals surface area contributed by atoms with Crippen LogP contribution in [0.3, 0.4) is 0 Å². The minimum Gasteiger partial charge on any atom is -0.415 e. The van der Waals surface area contributed by atoms with Gasteiger partial charge in [0.1, 0.15) is 11.8 Å². The van der Waals surface area contributed by atoms with Gasteiger partial charge in [-0.2, -0.15) is 8.42 Å². The zero-order valence-electron chi connectivity index (χ0n) is 17.6. The Labute approximate surface area is 172 Å². The Morgan fingerprint density at radius 2 is 2.04 bits per heavy atom. The van der Waals surface area contributed by atoms with Gasteiger partial charge >= 0.3 is 0 Å². The number of anilines is 1. The van der Waals surface area contributed by atoms with E-state index < -0.39 is 18.4 Å². The van der Waals surface area contributed by atoms with E-state index in [2.05, 4.69) is 44.2 Å². The molecule has 0 saturated carbocycles. The zero-order chi connectivity index (χ0) is 21.3. The van der Waals surface area contributed by atoms with Crippen molar-refractivity contribution in [3.63, 3.8) is 0 Å². The molecule has 0 spiro atoms. The van der Waals surface area contributed by atoms with E-state index in [0.29, 0.717) is 30.5 Å². The van der Waals surface area contributed by atoms with Crippen LogP contribution in [-0.4, -0.2) is 65.7 Å². The molecule has 1 amide bonds. The van der Waals surface area contributed by atoms with Crippen LogP contribution in [0.5, 0.6) is 0 Å². The first-order valence-corrected chi connectivity index (χ1v) is 14.8. The van der Waals surface area contributed by atoms with Gasteiger partial charge in [0, 0.05) is 24.5 Å². The maximum Gasteiger partial charge on any atom is 0.271 e. The number of hydrogen-bond donors (Lipinski definition) is 1. The molecule has 2 heterocycles. The van der Waals surface area contributed by atoms with Crippen molar-refractivity contribution in [3.8, 4) is 0 Å². The summed E-state index contributed by atoms with van der Waals surface area (Å²) in [5.41, 5.74) is 0.353. The van der Waals surface area contributed by atoms with Crippen LogP contribution < -0.4 is 10.2 Å². The molecule has 1 aromatic rings. The number of hydrogen-bond acceptors (Lipinski definition) is 8. The Morgan fingerprint density at radius 3 is 2.57 bits per heavy atom. The van der Waals surface area contributed by atoms with Gasteiger partial charge in [0.25, 0.3) is 16.0 Å². The molecule has 160 valence electrons. The Kier molecular flexibility index (Phi) is 6.97. The number of amides is 1. The van der Waals surface area contributed by atoms with Crippen molar-refractivity contribution in [2.45, 2.75) is 58.0 Å². The van der Waals surface area contributed by atoms with Gasteiger partial charge in [0.15, 0.2) is 13.4 Å². The van der Waals surface area contributed by atoms with Crippen LogP contribution >= 0.6 is 11.3 Å². The lowest BCUT2D eigenvalue weighted by molar-refractivity contribution is 0.0920. The largest absolute Gasteiger partial charge is 0.415 e. The topological polar surface area (TPSA) is 97.8 Å². The van der Waals surface area contributed by atoms with Crippen LogP contribution in [0.15, 0.2) is 5.38 Å². The lowest BCUT2D eigenvalue weighted by Crippen LogP contribution is -2.53. The molecule has 2 rings (SSSR count). The van der Waals surface area contributed by atoms with Crippen molar-refractivity contribution in [2.75, 3.05) is 30.9 Å². The van der Waals surface area contributed by atoms with Gasteiger partial charge in [-0.3, -0.25) is 8.98 Å². The van der Waals surface area contributed by atoms with Gasteiger partial charge in [-0.15, -0.1) is 11.3 Å². The first-order valence-electron chi connectivity index (χ1n) is 9.21. The van der Waals surface area contributed by atoms with E-state index in [1.807, 2.05) is 11.8 Å². The monoisotopic (exact) mass is 449 g/mol. The van der Waals surface area contributed by atoms with Crippen LogP contribution in [0.2, 0.25) is 18.1 Å². The van der Waals surface area contributed by atoms with E-state index in [-0.39, 0.29) is 23.1 Å². The number of rotatable bonds is 8. The quantitative estimate of drug-likeness (QED) is 0.481. The van der Waals surface area contributed by atoms with Crippen molar-refractivity contribution in [1.29, 1.82) is 0 Å². The predicted molar refractivity (Wildman–Crippen MR) is 114 cm³/mol. The summed E-state index contributed by atoms with van der Waals surface area (Å²) >= 11 is 1.35. The minimum atomic E-state index is -3.45. The van der Waals surface area contributed by atoms with E-state index in [0.717, 1.165) is 6.26 Å². The third kappa shape index (κ3) is 6.24. The second-order valence-corrected chi connectivity index (χ2v) is 16.0. The van der Waals surface area contributed by atoms with Crippen LogP contribution in [-0.2, 0) is 18.7 Å². The fourth-order valence-corrected chi connectivity index (χ4v) is 4.85. The third-order valence-corrected chi connectivity index (χ3v) is 11.1. The van der Waals surface area contributed by atoms with Crippen molar-refractivity contribution in [2.24, 2.45) is 0 Å². The van der Waals surface area contributed by atoms with Gasteiger partial charge in [0.05, 0.1) is 12.9 Å². The van der Waals surface area contributed by atoms with Gasteiger partial charge in [-0.1, -0.05) is 20.8 Å². The average molecular weight is 450 g/mol. The number of carbonyl (C=O) groups excluding carboxylic acids is 1. The second-order valence-electron chi connectivity index (χ2n) is 8.79. The minimum absolute atomic E-state index is 0.121. The Morgan fingerprint density at radius 1 is 1.43 bits per heavy atom. The summed E-state index contributed by atoms with van der Waals surface area (Å²) < 4.78 is 33.3. The molecule has 1 aromatic heterocycles. The molecule has 28 heavy (non-hydrogen) atoms. The molecule has 0 bridgehead atoms. The smallest absolute Gasteiger partial charge is 0.271 e. The van der Waals surface area contributed by atoms with E-state index in [1.54, 1.807) is 5.38 Å². The molecule has 0 aliphatic carbocycles. The van der Waals surface area contributed by atoms with E-state index in [9.17, 15) is 13.2 Å². The fraction of sp³-hybridized carbons (Fsp3) is 0.765. The van der Waals surface area contributed by atoms with Gasteiger partial charge in [-0.05, 0) is 25.1 Å². The van der Waals surface area contributed by atoms with Gasteiger partial charge in [0.2, 0.25) is 0 Å². The molecule has 1 aliphatic heterocycles. The molecule has 0 aromatic carbocycles.